The van der Waals surface area contributed by atoms with Crippen molar-refractivity contribution in [2.24, 2.45) is 5.92 Å². The number of allylic oxidation sites excluding steroid dienone is 1. The smallest absolute Gasteiger partial charge is 0.247 e. The zero-order valence-corrected chi connectivity index (χ0v) is 11.4. The van der Waals surface area contributed by atoms with Crippen molar-refractivity contribution in [3.63, 3.8) is 0 Å². The fourth-order valence-corrected chi connectivity index (χ4v) is 3.01. The predicted molar refractivity (Wildman–Crippen MR) is 72.5 cm³/mol. The Hall–Kier alpha value is -0.800. The summed E-state index contributed by atoms with van der Waals surface area (Å²) in [6, 6.07) is -0.247. The maximum absolute atomic E-state index is 11.8. The Kier molecular flexibility index (Phi) is 4.46. The van der Waals surface area contributed by atoms with E-state index >= 15 is 0 Å². The highest BCUT2D eigenvalue weighted by Crippen LogP contribution is 2.29. The lowest BCUT2D eigenvalue weighted by molar-refractivity contribution is -0.117. The van der Waals surface area contributed by atoms with Gasteiger partial charge >= 0.3 is 0 Å². The Morgan fingerprint density at radius 2 is 2.39 bits per heavy atom. The highest BCUT2D eigenvalue weighted by atomic mass is 35.5. The van der Waals surface area contributed by atoms with E-state index in [2.05, 4.69) is 17.5 Å². The number of rotatable bonds is 4. The van der Waals surface area contributed by atoms with Gasteiger partial charge in [0.05, 0.1) is 12.1 Å². The first-order valence-electron chi connectivity index (χ1n) is 6.56. The topological polar surface area (TPSA) is 49.3 Å². The number of aliphatic hydroxyl groups excluding tert-OH is 1. The van der Waals surface area contributed by atoms with Gasteiger partial charge in [0.1, 0.15) is 0 Å². The molecule has 1 aliphatic heterocycles. The zero-order chi connectivity index (χ0) is 13.1. The fraction of sp³-hybridized carbons (Fsp3) is 0.643. The van der Waals surface area contributed by atoms with E-state index in [1.165, 1.54) is 0 Å². The van der Waals surface area contributed by atoms with Gasteiger partial charge in [-0.3, -0.25) is 4.79 Å². The molecule has 100 valence electrons. The Balaban J connectivity index is 2.12. The number of amides is 1. The number of halogens is 1. The predicted octanol–water partition coefficient (Wildman–Crippen LogP) is 2.15. The summed E-state index contributed by atoms with van der Waals surface area (Å²) < 4.78 is 0. The van der Waals surface area contributed by atoms with Gasteiger partial charge in [-0.1, -0.05) is 12.2 Å². The summed E-state index contributed by atoms with van der Waals surface area (Å²) in [7, 11) is 0. The Labute approximate surface area is 113 Å². The third kappa shape index (κ3) is 2.62. The number of hydrogen-bond donors (Lipinski definition) is 2. The van der Waals surface area contributed by atoms with Crippen LogP contribution in [-0.2, 0) is 4.79 Å². The van der Waals surface area contributed by atoms with Gasteiger partial charge in [0.15, 0.2) is 0 Å². The SMILES string of the molecule is CC1=C(CCCl)C(=O)N[C@H]1[C@@H](O)[C@@H]1C=CCCC1. The average molecular weight is 270 g/mol. The first-order chi connectivity index (χ1) is 8.65. The molecule has 0 radical (unpaired) electrons. The van der Waals surface area contributed by atoms with Crippen LogP contribution in [0.1, 0.15) is 32.6 Å². The van der Waals surface area contributed by atoms with Crippen molar-refractivity contribution in [3.05, 3.63) is 23.3 Å². The lowest BCUT2D eigenvalue weighted by Gasteiger charge is -2.28. The molecule has 2 N–H and O–H groups in total. The fourth-order valence-electron chi connectivity index (χ4n) is 2.82. The van der Waals surface area contributed by atoms with Gasteiger partial charge in [0, 0.05) is 17.4 Å². The summed E-state index contributed by atoms with van der Waals surface area (Å²) in [5.41, 5.74) is 1.70. The first kappa shape index (κ1) is 13.6. The molecule has 0 aromatic rings. The molecule has 0 spiro atoms. The molecule has 0 bridgehead atoms. The lowest BCUT2D eigenvalue weighted by Crippen LogP contribution is -2.43. The van der Waals surface area contributed by atoms with E-state index in [-0.39, 0.29) is 17.9 Å². The van der Waals surface area contributed by atoms with Gasteiger partial charge < -0.3 is 10.4 Å². The second-order valence-corrected chi connectivity index (χ2v) is 5.44. The van der Waals surface area contributed by atoms with Crippen LogP contribution in [-0.4, -0.2) is 29.0 Å². The molecule has 2 aliphatic rings. The Bertz CT molecular complexity index is 389. The van der Waals surface area contributed by atoms with Crippen LogP contribution in [0.3, 0.4) is 0 Å². The van der Waals surface area contributed by atoms with Crippen LogP contribution in [0.25, 0.3) is 0 Å². The molecule has 1 aliphatic carbocycles. The second kappa shape index (κ2) is 5.89. The normalized spacial score (nSPS) is 29.6. The quantitative estimate of drug-likeness (QED) is 0.607. The van der Waals surface area contributed by atoms with Gasteiger partial charge in [-0.2, -0.15) is 0 Å². The van der Waals surface area contributed by atoms with Crippen LogP contribution in [0.15, 0.2) is 23.3 Å². The van der Waals surface area contributed by atoms with Crippen LogP contribution in [0, 0.1) is 5.92 Å². The van der Waals surface area contributed by atoms with Crippen LogP contribution in [0.5, 0.6) is 0 Å². The monoisotopic (exact) mass is 269 g/mol. The van der Waals surface area contributed by atoms with Crippen molar-refractivity contribution in [2.75, 3.05) is 5.88 Å². The average Bonchev–Trinajstić information content (AvgIpc) is 2.67. The molecule has 2 rings (SSSR count). The molecule has 3 nitrogen and oxygen atoms in total. The number of alkyl halides is 1. The molecule has 0 saturated heterocycles. The van der Waals surface area contributed by atoms with E-state index in [0.717, 1.165) is 30.4 Å². The van der Waals surface area contributed by atoms with Crippen molar-refractivity contribution in [3.8, 4) is 0 Å². The van der Waals surface area contributed by atoms with E-state index in [4.69, 9.17) is 11.6 Å². The Morgan fingerprint density at radius 1 is 1.61 bits per heavy atom. The minimum absolute atomic E-state index is 0.0722. The third-order valence-electron chi connectivity index (χ3n) is 3.92. The molecule has 0 saturated carbocycles. The number of carbonyl (C=O) groups excluding carboxylic acids is 1. The van der Waals surface area contributed by atoms with E-state index < -0.39 is 6.10 Å². The number of carbonyl (C=O) groups is 1. The van der Waals surface area contributed by atoms with Crippen molar-refractivity contribution in [2.45, 2.75) is 44.8 Å². The molecule has 4 heteroatoms. The summed E-state index contributed by atoms with van der Waals surface area (Å²) in [4.78, 5) is 11.8. The summed E-state index contributed by atoms with van der Waals surface area (Å²) in [5.74, 6) is 0.512. The van der Waals surface area contributed by atoms with E-state index in [1.54, 1.807) is 0 Å². The maximum Gasteiger partial charge on any atom is 0.247 e. The zero-order valence-electron chi connectivity index (χ0n) is 10.7. The number of aliphatic hydroxyl groups is 1. The van der Waals surface area contributed by atoms with Crippen molar-refractivity contribution in [1.82, 2.24) is 5.32 Å². The van der Waals surface area contributed by atoms with Crippen LogP contribution >= 0.6 is 11.6 Å². The van der Waals surface area contributed by atoms with Gasteiger partial charge in [-0.05, 0) is 38.2 Å². The van der Waals surface area contributed by atoms with Crippen LogP contribution < -0.4 is 5.32 Å². The molecule has 3 atom stereocenters. The molecular weight excluding hydrogens is 250 g/mol. The first-order valence-corrected chi connectivity index (χ1v) is 7.09. The van der Waals surface area contributed by atoms with Crippen molar-refractivity contribution < 1.29 is 9.90 Å². The molecule has 0 fully saturated rings. The molecule has 0 aromatic carbocycles. The Morgan fingerprint density at radius 3 is 3.00 bits per heavy atom. The van der Waals surface area contributed by atoms with Gasteiger partial charge in [-0.25, -0.2) is 0 Å². The molecule has 1 amide bonds. The maximum atomic E-state index is 11.8. The lowest BCUT2D eigenvalue weighted by atomic mass is 9.85. The second-order valence-electron chi connectivity index (χ2n) is 5.07. The van der Waals surface area contributed by atoms with E-state index in [1.807, 2.05) is 6.92 Å². The number of nitrogens with one attached hydrogen (secondary N) is 1. The van der Waals surface area contributed by atoms with Crippen molar-refractivity contribution in [1.29, 1.82) is 0 Å². The highest BCUT2D eigenvalue weighted by Gasteiger charge is 2.36. The van der Waals surface area contributed by atoms with E-state index in [0.29, 0.717) is 12.3 Å². The largest absolute Gasteiger partial charge is 0.390 e. The summed E-state index contributed by atoms with van der Waals surface area (Å²) in [6.07, 6.45) is 7.42. The molecule has 0 aromatic heterocycles. The van der Waals surface area contributed by atoms with Crippen LogP contribution in [0.2, 0.25) is 0 Å². The van der Waals surface area contributed by atoms with Crippen LogP contribution in [0.4, 0.5) is 0 Å². The minimum atomic E-state index is -0.529. The number of hydrogen-bond acceptors (Lipinski definition) is 2. The van der Waals surface area contributed by atoms with E-state index in [9.17, 15) is 9.90 Å². The molecule has 1 heterocycles. The van der Waals surface area contributed by atoms with Gasteiger partial charge in [-0.15, -0.1) is 11.6 Å². The third-order valence-corrected chi connectivity index (χ3v) is 4.11. The van der Waals surface area contributed by atoms with Gasteiger partial charge in [0.2, 0.25) is 5.91 Å². The summed E-state index contributed by atoms with van der Waals surface area (Å²) >= 11 is 5.70. The van der Waals surface area contributed by atoms with Crippen molar-refractivity contribution >= 4 is 17.5 Å². The molecule has 18 heavy (non-hydrogen) atoms. The minimum Gasteiger partial charge on any atom is -0.390 e. The molecular formula is C14H20ClNO2. The standard InChI is InChI=1S/C14H20ClNO2/c1-9-11(7-8-15)14(18)16-12(9)13(17)10-5-3-2-4-6-10/h3,5,10,12-13,17H,2,4,6-8H2,1H3,(H,16,18)/t10-,12-,13+/m1/s1. The highest BCUT2D eigenvalue weighted by molar-refractivity contribution is 6.18. The van der Waals surface area contributed by atoms with Gasteiger partial charge in [0.25, 0.3) is 0 Å². The summed E-state index contributed by atoms with van der Waals surface area (Å²) in [5, 5.41) is 13.3. The summed E-state index contributed by atoms with van der Waals surface area (Å²) in [6.45, 7) is 1.92. The molecule has 0 unspecified atom stereocenters.